The molecule has 1 fully saturated rings. The molecule has 1 amide bonds. The third-order valence-corrected chi connectivity index (χ3v) is 4.98. The van der Waals surface area contributed by atoms with Crippen molar-refractivity contribution in [1.29, 1.82) is 0 Å². The van der Waals surface area contributed by atoms with Gasteiger partial charge in [0.05, 0.1) is 0 Å². The van der Waals surface area contributed by atoms with Crippen molar-refractivity contribution in [3.8, 4) is 5.75 Å². The number of ether oxygens (including phenoxy) is 1. The molecule has 0 spiro atoms. The minimum Gasteiger partial charge on any atom is -0.482 e. The molecule has 22 heavy (non-hydrogen) atoms. The topological polar surface area (TPSA) is 125 Å². The highest BCUT2D eigenvalue weighted by molar-refractivity contribution is 7.89. The summed E-state index contributed by atoms with van der Waals surface area (Å²) in [7, 11) is -3.85. The van der Waals surface area contributed by atoms with E-state index in [0.717, 1.165) is 12.8 Å². The molecule has 1 aromatic carbocycles. The van der Waals surface area contributed by atoms with Crippen molar-refractivity contribution in [3.05, 3.63) is 23.2 Å². The maximum atomic E-state index is 12.4. The number of carbonyl (C=O) groups is 1. The molecule has 0 aromatic heterocycles. The highest BCUT2D eigenvalue weighted by atomic mass is 35.5. The van der Waals surface area contributed by atoms with Crippen LogP contribution in [0.1, 0.15) is 12.8 Å². The van der Waals surface area contributed by atoms with Gasteiger partial charge in [-0.3, -0.25) is 4.79 Å². The standard InChI is InChI=1S/C13H18ClN3O4S/c14-9-3-4-11(21-7-13(16)18)12(5-9)22(19,20)17-6-10(15)8-1-2-8/h3-5,8,10,17H,1-2,6-7,15H2,(H2,16,18). The molecule has 1 aliphatic rings. The van der Waals surface area contributed by atoms with Crippen molar-refractivity contribution >= 4 is 27.5 Å². The van der Waals surface area contributed by atoms with Gasteiger partial charge in [-0.2, -0.15) is 0 Å². The molecule has 2 rings (SSSR count). The average molecular weight is 348 g/mol. The van der Waals surface area contributed by atoms with E-state index in [1.54, 1.807) is 0 Å². The number of hydrogen-bond donors (Lipinski definition) is 3. The Labute approximate surface area is 134 Å². The van der Waals surface area contributed by atoms with Gasteiger partial charge in [-0.15, -0.1) is 0 Å². The molecule has 9 heteroatoms. The predicted molar refractivity (Wildman–Crippen MR) is 82.0 cm³/mol. The second-order valence-electron chi connectivity index (χ2n) is 5.20. The number of nitrogens with two attached hydrogens (primary N) is 2. The smallest absolute Gasteiger partial charge is 0.255 e. The van der Waals surface area contributed by atoms with Crippen molar-refractivity contribution in [2.45, 2.75) is 23.8 Å². The third-order valence-electron chi connectivity index (χ3n) is 3.30. The van der Waals surface area contributed by atoms with Crippen LogP contribution in [0.4, 0.5) is 0 Å². The zero-order valence-corrected chi connectivity index (χ0v) is 13.4. The van der Waals surface area contributed by atoms with Crippen LogP contribution in [0.3, 0.4) is 0 Å². The predicted octanol–water partition coefficient (Wildman–Crippen LogP) is 0.220. The summed E-state index contributed by atoms with van der Waals surface area (Å²) >= 11 is 5.84. The fourth-order valence-corrected chi connectivity index (χ4v) is 3.41. The Morgan fingerprint density at radius 1 is 1.45 bits per heavy atom. The van der Waals surface area contributed by atoms with Crippen molar-refractivity contribution < 1.29 is 17.9 Å². The minimum absolute atomic E-state index is 0.00990. The summed E-state index contributed by atoms with van der Waals surface area (Å²) in [6.45, 7) is -0.291. The second-order valence-corrected chi connectivity index (χ2v) is 7.37. The van der Waals surface area contributed by atoms with E-state index in [9.17, 15) is 13.2 Å². The lowest BCUT2D eigenvalue weighted by Crippen LogP contribution is -2.38. The Morgan fingerprint density at radius 2 is 2.14 bits per heavy atom. The zero-order chi connectivity index (χ0) is 16.3. The van der Waals surface area contributed by atoms with E-state index in [2.05, 4.69) is 4.72 Å². The molecule has 1 unspecified atom stereocenters. The van der Waals surface area contributed by atoms with E-state index in [1.165, 1.54) is 18.2 Å². The number of rotatable bonds is 8. The third kappa shape index (κ3) is 4.57. The molecule has 0 saturated heterocycles. The van der Waals surface area contributed by atoms with E-state index in [-0.39, 0.29) is 28.3 Å². The number of carbonyl (C=O) groups excluding carboxylic acids is 1. The SMILES string of the molecule is NC(=O)COc1ccc(Cl)cc1S(=O)(=O)NCC(N)C1CC1. The van der Waals surface area contributed by atoms with Crippen LogP contribution >= 0.6 is 11.6 Å². The Kier molecular flexibility index (Phi) is 5.28. The van der Waals surface area contributed by atoms with Crippen LogP contribution in [0, 0.1) is 5.92 Å². The Bertz CT molecular complexity index is 661. The molecule has 122 valence electrons. The lowest BCUT2D eigenvalue weighted by Gasteiger charge is -2.15. The molecule has 0 bridgehead atoms. The number of hydrogen-bond acceptors (Lipinski definition) is 5. The molecule has 0 heterocycles. The molecular formula is C13H18ClN3O4S. The van der Waals surface area contributed by atoms with Crippen molar-refractivity contribution in [1.82, 2.24) is 4.72 Å². The first kappa shape index (κ1) is 17.0. The molecule has 1 aromatic rings. The quantitative estimate of drug-likeness (QED) is 0.620. The maximum absolute atomic E-state index is 12.4. The van der Waals surface area contributed by atoms with Gasteiger partial charge in [0, 0.05) is 17.6 Å². The first-order valence-electron chi connectivity index (χ1n) is 6.75. The molecule has 0 aliphatic heterocycles. The lowest BCUT2D eigenvalue weighted by molar-refractivity contribution is -0.120. The molecule has 7 nitrogen and oxygen atoms in total. The van der Waals surface area contributed by atoms with Gasteiger partial charge >= 0.3 is 0 Å². The van der Waals surface area contributed by atoms with Crippen LogP contribution in [0.25, 0.3) is 0 Å². The van der Waals surface area contributed by atoms with Crippen molar-refractivity contribution in [2.75, 3.05) is 13.2 Å². The van der Waals surface area contributed by atoms with Crippen LogP contribution in [-0.4, -0.2) is 33.5 Å². The Morgan fingerprint density at radius 3 is 2.73 bits per heavy atom. The van der Waals surface area contributed by atoms with E-state index < -0.39 is 22.5 Å². The summed E-state index contributed by atoms with van der Waals surface area (Å²) in [5.41, 5.74) is 10.9. The number of halogens is 1. The highest BCUT2D eigenvalue weighted by Crippen LogP contribution is 2.32. The van der Waals surface area contributed by atoms with E-state index in [0.29, 0.717) is 5.92 Å². The first-order valence-corrected chi connectivity index (χ1v) is 8.61. The fraction of sp³-hybridized carbons (Fsp3) is 0.462. The maximum Gasteiger partial charge on any atom is 0.255 e. The number of primary amides is 1. The Hall–Kier alpha value is -1.35. The number of benzene rings is 1. The van der Waals surface area contributed by atoms with E-state index in [1.807, 2.05) is 0 Å². The van der Waals surface area contributed by atoms with Gasteiger partial charge < -0.3 is 16.2 Å². The van der Waals surface area contributed by atoms with Crippen LogP contribution < -0.4 is 20.9 Å². The molecule has 1 saturated carbocycles. The molecule has 0 radical (unpaired) electrons. The molecular weight excluding hydrogens is 330 g/mol. The average Bonchev–Trinajstić information content (AvgIpc) is 3.28. The number of sulfonamides is 1. The van der Waals surface area contributed by atoms with Crippen LogP contribution in [-0.2, 0) is 14.8 Å². The van der Waals surface area contributed by atoms with Crippen LogP contribution in [0.15, 0.2) is 23.1 Å². The Balaban J connectivity index is 2.16. The summed E-state index contributed by atoms with van der Waals surface area (Å²) < 4.78 is 32.3. The summed E-state index contributed by atoms with van der Waals surface area (Å²) in [6.07, 6.45) is 2.04. The van der Waals surface area contributed by atoms with Gasteiger partial charge in [-0.1, -0.05) is 11.6 Å². The van der Waals surface area contributed by atoms with Gasteiger partial charge in [0.2, 0.25) is 10.0 Å². The largest absolute Gasteiger partial charge is 0.482 e. The number of nitrogens with one attached hydrogen (secondary N) is 1. The monoisotopic (exact) mass is 347 g/mol. The fourth-order valence-electron chi connectivity index (χ4n) is 1.93. The van der Waals surface area contributed by atoms with Gasteiger partial charge in [-0.25, -0.2) is 13.1 Å². The molecule has 5 N–H and O–H groups in total. The molecule has 1 aliphatic carbocycles. The first-order chi connectivity index (χ1) is 10.3. The number of amides is 1. The van der Waals surface area contributed by atoms with Gasteiger partial charge in [0.1, 0.15) is 10.6 Å². The highest BCUT2D eigenvalue weighted by Gasteiger charge is 2.30. The summed E-state index contributed by atoms with van der Waals surface area (Å²) in [4.78, 5) is 10.6. The second kappa shape index (κ2) is 6.82. The van der Waals surface area contributed by atoms with Crippen LogP contribution in [0.5, 0.6) is 5.75 Å². The normalized spacial score (nSPS) is 16.3. The van der Waals surface area contributed by atoms with Gasteiger partial charge in [0.15, 0.2) is 6.61 Å². The van der Waals surface area contributed by atoms with Gasteiger partial charge in [0.25, 0.3) is 5.91 Å². The summed E-state index contributed by atoms with van der Waals surface area (Å²) in [6, 6.07) is 3.88. The van der Waals surface area contributed by atoms with Crippen LogP contribution in [0.2, 0.25) is 5.02 Å². The van der Waals surface area contributed by atoms with Crippen molar-refractivity contribution in [2.24, 2.45) is 17.4 Å². The zero-order valence-electron chi connectivity index (χ0n) is 11.8. The minimum atomic E-state index is -3.85. The van der Waals surface area contributed by atoms with Gasteiger partial charge in [-0.05, 0) is 37.0 Å². The summed E-state index contributed by atoms with van der Waals surface area (Å²) in [5.74, 6) is -0.328. The summed E-state index contributed by atoms with van der Waals surface area (Å²) in [5, 5.41) is 0.235. The van der Waals surface area contributed by atoms with E-state index in [4.69, 9.17) is 27.8 Å². The lowest BCUT2D eigenvalue weighted by atomic mass is 10.2. The van der Waals surface area contributed by atoms with Crippen molar-refractivity contribution in [3.63, 3.8) is 0 Å². The molecule has 1 atom stereocenters. The van der Waals surface area contributed by atoms with E-state index >= 15 is 0 Å².